The van der Waals surface area contributed by atoms with Gasteiger partial charge in [-0.25, -0.2) is 0 Å². The predicted octanol–water partition coefficient (Wildman–Crippen LogP) is 3.44. The number of hydrogen-bond donors (Lipinski definition) is 1. The number of methoxy groups -OCH3 is 1. The first-order chi connectivity index (χ1) is 11.7. The molecule has 24 heavy (non-hydrogen) atoms. The van der Waals surface area contributed by atoms with Gasteiger partial charge in [0.1, 0.15) is 0 Å². The molecule has 0 spiro atoms. The van der Waals surface area contributed by atoms with Crippen LogP contribution in [0.15, 0.2) is 34.9 Å². The fourth-order valence-electron chi connectivity index (χ4n) is 3.09. The number of anilines is 1. The zero-order valence-corrected chi connectivity index (χ0v) is 15.4. The number of piperidine rings is 1. The Hall–Kier alpha value is -1.66. The summed E-state index contributed by atoms with van der Waals surface area (Å²) in [5, 5.41) is 4.75. The van der Waals surface area contributed by atoms with E-state index >= 15 is 0 Å². The summed E-state index contributed by atoms with van der Waals surface area (Å²) in [6, 6.07) is 8.54. The third-order valence-electron chi connectivity index (χ3n) is 4.43. The minimum absolute atomic E-state index is 0.189. The summed E-state index contributed by atoms with van der Waals surface area (Å²) in [7, 11) is 1.63. The van der Waals surface area contributed by atoms with Crippen LogP contribution in [0.2, 0.25) is 0 Å². The third-order valence-corrected chi connectivity index (χ3v) is 4.93. The molecular weight excluding hydrogens is 370 g/mol. The highest BCUT2D eigenvalue weighted by atomic mass is 79.9. The molecule has 1 aliphatic heterocycles. The summed E-state index contributed by atoms with van der Waals surface area (Å²) in [4.78, 5) is 18.4. The Kier molecular flexibility index (Phi) is 5.68. The molecule has 0 aliphatic carbocycles. The number of pyridine rings is 1. The predicted molar refractivity (Wildman–Crippen MR) is 99.2 cm³/mol. The monoisotopic (exact) mass is 391 g/mol. The van der Waals surface area contributed by atoms with Crippen LogP contribution in [0.3, 0.4) is 0 Å². The number of nitrogens with zero attached hydrogens (tertiary/aromatic N) is 2. The minimum Gasteiger partial charge on any atom is -0.384 e. The first-order valence-electron chi connectivity index (χ1n) is 8.25. The second-order valence-corrected chi connectivity index (χ2v) is 6.98. The number of ether oxygens (including phenoxy) is 1. The number of rotatable bonds is 5. The first-order valence-corrected chi connectivity index (χ1v) is 9.04. The van der Waals surface area contributed by atoms with Gasteiger partial charge in [-0.3, -0.25) is 9.78 Å². The van der Waals surface area contributed by atoms with Crippen LogP contribution in [-0.2, 0) is 9.53 Å². The second kappa shape index (κ2) is 7.94. The van der Waals surface area contributed by atoms with Crippen molar-refractivity contribution in [1.82, 2.24) is 9.88 Å². The van der Waals surface area contributed by atoms with Crippen molar-refractivity contribution in [3.8, 4) is 0 Å². The number of aromatic nitrogens is 1. The van der Waals surface area contributed by atoms with Gasteiger partial charge in [0.05, 0.1) is 18.5 Å². The lowest BCUT2D eigenvalue weighted by Gasteiger charge is -2.33. The first kappa shape index (κ1) is 17.2. The number of nitrogens with one attached hydrogen (secondary N) is 1. The van der Waals surface area contributed by atoms with E-state index in [4.69, 9.17) is 4.74 Å². The number of fused-ring (bicyclic) bond motifs is 1. The molecule has 3 rings (SSSR count). The minimum atomic E-state index is 0.189. The number of amides is 1. The molecule has 6 heteroatoms. The topological polar surface area (TPSA) is 54.5 Å². The highest BCUT2D eigenvalue weighted by molar-refractivity contribution is 9.10. The molecule has 128 valence electrons. The van der Waals surface area contributed by atoms with Gasteiger partial charge < -0.3 is 15.0 Å². The molecule has 1 saturated heterocycles. The van der Waals surface area contributed by atoms with Crippen molar-refractivity contribution in [3.05, 3.63) is 34.9 Å². The summed E-state index contributed by atoms with van der Waals surface area (Å²) in [5.41, 5.74) is 2.08. The average Bonchev–Trinajstić information content (AvgIpc) is 2.60. The number of halogens is 1. The van der Waals surface area contributed by atoms with Crippen molar-refractivity contribution in [1.29, 1.82) is 0 Å². The molecule has 0 bridgehead atoms. The summed E-state index contributed by atoms with van der Waals surface area (Å²) >= 11 is 3.49. The van der Waals surface area contributed by atoms with E-state index in [1.54, 1.807) is 7.11 Å². The summed E-state index contributed by atoms with van der Waals surface area (Å²) in [5.74, 6) is 0.189. The van der Waals surface area contributed by atoms with Gasteiger partial charge in [0.2, 0.25) is 5.91 Å². The van der Waals surface area contributed by atoms with Gasteiger partial charge in [-0.15, -0.1) is 0 Å². The van der Waals surface area contributed by atoms with Crippen LogP contribution in [-0.4, -0.2) is 48.6 Å². The van der Waals surface area contributed by atoms with Gasteiger partial charge in [-0.1, -0.05) is 15.9 Å². The van der Waals surface area contributed by atoms with Crippen LogP contribution >= 0.6 is 15.9 Å². The number of hydrogen-bond acceptors (Lipinski definition) is 4. The summed E-state index contributed by atoms with van der Waals surface area (Å²) in [6.07, 6.45) is 4.22. The van der Waals surface area contributed by atoms with Crippen molar-refractivity contribution < 1.29 is 9.53 Å². The molecule has 5 nitrogen and oxygen atoms in total. The lowest BCUT2D eigenvalue weighted by Crippen LogP contribution is -2.42. The van der Waals surface area contributed by atoms with Gasteiger partial charge in [0.25, 0.3) is 0 Å². The SMILES string of the molecule is COCCC(=O)N1CCC(Nc2ccnc3cc(Br)ccc23)CC1. The van der Waals surface area contributed by atoms with Crippen LogP contribution in [0.4, 0.5) is 5.69 Å². The number of likely N-dealkylation sites (tertiary alicyclic amines) is 1. The lowest BCUT2D eigenvalue weighted by molar-refractivity contribution is -0.133. The smallest absolute Gasteiger partial charge is 0.224 e. The van der Waals surface area contributed by atoms with E-state index in [-0.39, 0.29) is 5.91 Å². The quantitative estimate of drug-likeness (QED) is 0.847. The van der Waals surface area contributed by atoms with Crippen LogP contribution in [0.1, 0.15) is 19.3 Å². The van der Waals surface area contributed by atoms with Gasteiger partial charge in [-0.2, -0.15) is 0 Å². The number of carbonyl (C=O) groups excluding carboxylic acids is 1. The highest BCUT2D eigenvalue weighted by Crippen LogP contribution is 2.26. The zero-order valence-electron chi connectivity index (χ0n) is 13.8. The van der Waals surface area contributed by atoms with E-state index < -0.39 is 0 Å². The van der Waals surface area contributed by atoms with Crippen LogP contribution < -0.4 is 5.32 Å². The van der Waals surface area contributed by atoms with Crippen molar-refractivity contribution in [3.63, 3.8) is 0 Å². The molecule has 2 heterocycles. The van der Waals surface area contributed by atoms with Crippen molar-refractivity contribution in [2.24, 2.45) is 0 Å². The Balaban J connectivity index is 1.61. The Morgan fingerprint density at radius 2 is 2.17 bits per heavy atom. The summed E-state index contributed by atoms with van der Waals surface area (Å²) < 4.78 is 6.01. The van der Waals surface area contributed by atoms with Gasteiger partial charge in [-0.05, 0) is 37.1 Å². The van der Waals surface area contributed by atoms with Crippen LogP contribution in [0.25, 0.3) is 10.9 Å². The molecule has 1 aromatic heterocycles. The molecule has 0 atom stereocenters. The van der Waals surface area contributed by atoms with E-state index in [1.807, 2.05) is 29.3 Å². The molecule has 1 aromatic carbocycles. The lowest BCUT2D eigenvalue weighted by atomic mass is 10.0. The molecule has 0 radical (unpaired) electrons. The largest absolute Gasteiger partial charge is 0.384 e. The Morgan fingerprint density at radius 3 is 2.92 bits per heavy atom. The van der Waals surface area contributed by atoms with Crippen molar-refractivity contribution in [2.45, 2.75) is 25.3 Å². The van der Waals surface area contributed by atoms with Gasteiger partial charge >= 0.3 is 0 Å². The van der Waals surface area contributed by atoms with Crippen molar-refractivity contribution >= 4 is 38.4 Å². The Morgan fingerprint density at radius 1 is 1.38 bits per heavy atom. The molecule has 2 aromatic rings. The highest BCUT2D eigenvalue weighted by Gasteiger charge is 2.22. The van der Waals surface area contributed by atoms with Gasteiger partial charge in [0, 0.05) is 48.0 Å². The maximum absolute atomic E-state index is 12.0. The molecule has 0 unspecified atom stereocenters. The van der Waals surface area contributed by atoms with Crippen LogP contribution in [0, 0.1) is 0 Å². The normalized spacial score (nSPS) is 15.7. The summed E-state index contributed by atoms with van der Waals surface area (Å²) in [6.45, 7) is 2.10. The number of carbonyl (C=O) groups is 1. The van der Waals surface area contributed by atoms with E-state index in [9.17, 15) is 4.79 Å². The molecule has 1 fully saturated rings. The second-order valence-electron chi connectivity index (χ2n) is 6.06. The fraction of sp³-hybridized carbons (Fsp3) is 0.444. The maximum atomic E-state index is 12.0. The Bertz CT molecular complexity index is 714. The van der Waals surface area contributed by atoms with Gasteiger partial charge in [0.15, 0.2) is 0 Å². The Labute approximate surface area is 150 Å². The zero-order chi connectivity index (χ0) is 16.9. The van der Waals surface area contributed by atoms with E-state index in [0.717, 1.165) is 47.0 Å². The molecule has 1 amide bonds. The maximum Gasteiger partial charge on any atom is 0.224 e. The van der Waals surface area contributed by atoms with Crippen LogP contribution in [0.5, 0.6) is 0 Å². The van der Waals surface area contributed by atoms with Crippen molar-refractivity contribution in [2.75, 3.05) is 32.1 Å². The third kappa shape index (κ3) is 4.05. The standard InChI is InChI=1S/C18H22BrN3O2/c1-24-11-7-18(23)22-9-5-14(6-10-22)21-16-4-8-20-17-12-13(19)2-3-15(16)17/h2-4,8,12,14H,5-7,9-11H2,1H3,(H,20,21). The van der Waals surface area contributed by atoms with E-state index in [0.29, 0.717) is 19.1 Å². The number of benzene rings is 1. The van der Waals surface area contributed by atoms with E-state index in [2.05, 4.69) is 32.3 Å². The average molecular weight is 392 g/mol. The molecular formula is C18H22BrN3O2. The fourth-order valence-corrected chi connectivity index (χ4v) is 3.44. The van der Waals surface area contributed by atoms with E-state index in [1.165, 1.54) is 0 Å². The molecule has 1 aliphatic rings. The molecule has 1 N–H and O–H groups in total. The molecule has 0 saturated carbocycles.